The van der Waals surface area contributed by atoms with Crippen molar-refractivity contribution in [3.63, 3.8) is 0 Å². The van der Waals surface area contributed by atoms with Crippen LogP contribution in [0.25, 0.3) is 0 Å². The van der Waals surface area contributed by atoms with Crippen LogP contribution in [0.5, 0.6) is 0 Å². The fourth-order valence-corrected chi connectivity index (χ4v) is 2.30. The Labute approximate surface area is 114 Å². The van der Waals surface area contributed by atoms with E-state index < -0.39 is 9.85 Å². The molecule has 1 fully saturated rings. The Morgan fingerprint density at radius 1 is 1.25 bits per heavy atom. The number of nitro groups is 2. The minimum Gasteiger partial charge on any atom is -0.356 e. The average Bonchev–Trinajstić information content (AvgIpc) is 2.41. The Morgan fingerprint density at radius 2 is 2.00 bits per heavy atom. The van der Waals surface area contributed by atoms with Crippen molar-refractivity contribution in [2.45, 2.75) is 19.3 Å². The van der Waals surface area contributed by atoms with Crippen LogP contribution in [0.1, 0.15) is 18.4 Å². The number of carbonyl (C=O) groups is 1. The zero-order valence-electron chi connectivity index (χ0n) is 10.6. The van der Waals surface area contributed by atoms with Crippen molar-refractivity contribution in [2.24, 2.45) is 5.92 Å². The molecule has 0 saturated carbocycles. The maximum atomic E-state index is 11.7. The third-order valence-electron chi connectivity index (χ3n) is 3.34. The van der Waals surface area contributed by atoms with Crippen molar-refractivity contribution in [1.29, 1.82) is 0 Å². The van der Waals surface area contributed by atoms with Gasteiger partial charge in [-0.05, 0) is 25.3 Å². The van der Waals surface area contributed by atoms with Crippen LogP contribution < -0.4 is 5.32 Å². The summed E-state index contributed by atoms with van der Waals surface area (Å²) in [5, 5.41) is 24.4. The maximum absolute atomic E-state index is 11.7. The Balaban J connectivity index is 2.28. The molecule has 1 saturated heterocycles. The van der Waals surface area contributed by atoms with E-state index in [1.54, 1.807) is 0 Å². The van der Waals surface area contributed by atoms with Crippen LogP contribution in [0.2, 0.25) is 0 Å². The van der Waals surface area contributed by atoms with Crippen LogP contribution in [-0.4, -0.2) is 22.3 Å². The van der Waals surface area contributed by atoms with Crippen molar-refractivity contribution in [2.75, 3.05) is 6.54 Å². The van der Waals surface area contributed by atoms with Gasteiger partial charge in [-0.3, -0.25) is 25.0 Å². The average molecular weight is 279 g/mol. The molecule has 0 radical (unpaired) electrons. The van der Waals surface area contributed by atoms with E-state index >= 15 is 0 Å². The van der Waals surface area contributed by atoms with Crippen LogP contribution in [0, 0.1) is 26.1 Å². The Bertz CT molecular complexity index is 572. The zero-order valence-corrected chi connectivity index (χ0v) is 10.6. The molecule has 8 nitrogen and oxygen atoms in total. The van der Waals surface area contributed by atoms with Crippen molar-refractivity contribution < 1.29 is 14.6 Å². The number of piperidine rings is 1. The number of carbonyl (C=O) groups excluding carboxylic acids is 1. The highest BCUT2D eigenvalue weighted by atomic mass is 16.6. The van der Waals surface area contributed by atoms with Gasteiger partial charge < -0.3 is 5.32 Å². The van der Waals surface area contributed by atoms with Gasteiger partial charge in [-0.15, -0.1) is 0 Å². The largest absolute Gasteiger partial charge is 0.356 e. The number of nitrogens with one attached hydrogen (secondary N) is 1. The monoisotopic (exact) mass is 279 g/mol. The number of nitrogens with zero attached hydrogens (tertiary/aromatic N) is 2. The molecule has 0 bridgehead atoms. The van der Waals surface area contributed by atoms with Crippen LogP contribution >= 0.6 is 0 Å². The molecule has 0 aliphatic carbocycles. The van der Waals surface area contributed by atoms with Gasteiger partial charge in [0.2, 0.25) is 5.91 Å². The number of rotatable bonds is 4. The van der Waals surface area contributed by atoms with Gasteiger partial charge in [0, 0.05) is 24.1 Å². The van der Waals surface area contributed by atoms with E-state index in [4.69, 9.17) is 0 Å². The standard InChI is InChI=1S/C12H13N3O5/c16-12-9(2-1-5-13-12)6-8-3-4-10(14(17)18)7-11(8)15(19)20/h3-4,7,9H,1-2,5-6H2,(H,13,16). The summed E-state index contributed by atoms with van der Waals surface area (Å²) in [6.45, 7) is 0.623. The smallest absolute Gasteiger partial charge is 0.279 e. The van der Waals surface area contributed by atoms with Gasteiger partial charge in [0.05, 0.1) is 15.9 Å². The van der Waals surface area contributed by atoms with Gasteiger partial charge >= 0.3 is 0 Å². The lowest BCUT2D eigenvalue weighted by atomic mass is 9.91. The summed E-state index contributed by atoms with van der Waals surface area (Å²) < 4.78 is 0. The molecule has 1 atom stereocenters. The maximum Gasteiger partial charge on any atom is 0.279 e. The topological polar surface area (TPSA) is 115 Å². The minimum absolute atomic E-state index is 0.121. The van der Waals surface area contributed by atoms with Crippen LogP contribution in [0.4, 0.5) is 11.4 Å². The summed E-state index contributed by atoms with van der Waals surface area (Å²) >= 11 is 0. The Kier molecular flexibility index (Phi) is 3.92. The first-order valence-corrected chi connectivity index (χ1v) is 6.18. The highest BCUT2D eigenvalue weighted by Crippen LogP contribution is 2.28. The summed E-state index contributed by atoms with van der Waals surface area (Å²) in [6.07, 6.45) is 1.72. The first-order chi connectivity index (χ1) is 9.49. The first kappa shape index (κ1) is 13.9. The van der Waals surface area contributed by atoms with Gasteiger partial charge in [0.15, 0.2) is 0 Å². The molecule has 1 aliphatic heterocycles. The number of hydrogen-bond donors (Lipinski definition) is 1. The predicted octanol–water partition coefficient (Wildman–Crippen LogP) is 1.57. The Morgan fingerprint density at radius 3 is 2.60 bits per heavy atom. The number of amides is 1. The van der Waals surface area contributed by atoms with Crippen molar-refractivity contribution in [3.8, 4) is 0 Å². The van der Waals surface area contributed by atoms with Crippen LogP contribution in [0.3, 0.4) is 0 Å². The highest BCUT2D eigenvalue weighted by Gasteiger charge is 2.27. The molecule has 1 N–H and O–H groups in total. The summed E-state index contributed by atoms with van der Waals surface area (Å²) in [6, 6.07) is 3.53. The van der Waals surface area contributed by atoms with Gasteiger partial charge in [0.1, 0.15) is 0 Å². The molecule has 0 spiro atoms. The van der Waals surface area contributed by atoms with E-state index in [1.165, 1.54) is 12.1 Å². The van der Waals surface area contributed by atoms with E-state index in [-0.39, 0.29) is 29.6 Å². The molecule has 8 heteroatoms. The second kappa shape index (κ2) is 5.64. The highest BCUT2D eigenvalue weighted by molar-refractivity contribution is 5.79. The van der Waals surface area contributed by atoms with E-state index in [1.807, 2.05) is 0 Å². The van der Waals surface area contributed by atoms with E-state index in [2.05, 4.69) is 5.32 Å². The lowest BCUT2D eigenvalue weighted by Crippen LogP contribution is -2.37. The predicted molar refractivity (Wildman–Crippen MR) is 69.2 cm³/mol. The molecule has 1 aromatic rings. The fourth-order valence-electron chi connectivity index (χ4n) is 2.30. The molecule has 106 valence electrons. The molecular weight excluding hydrogens is 266 g/mol. The molecule has 1 heterocycles. The number of hydrogen-bond acceptors (Lipinski definition) is 5. The molecule has 0 aromatic heterocycles. The zero-order chi connectivity index (χ0) is 14.7. The Hall–Kier alpha value is -2.51. The normalized spacial score (nSPS) is 18.4. The molecule has 1 unspecified atom stereocenters. The quantitative estimate of drug-likeness (QED) is 0.663. The van der Waals surface area contributed by atoms with E-state index in [9.17, 15) is 25.0 Å². The molecule has 1 aliphatic rings. The third-order valence-corrected chi connectivity index (χ3v) is 3.34. The van der Waals surface area contributed by atoms with Gasteiger partial charge in [-0.2, -0.15) is 0 Å². The molecule has 1 amide bonds. The molecule has 20 heavy (non-hydrogen) atoms. The van der Waals surface area contributed by atoms with E-state index in [0.717, 1.165) is 12.5 Å². The number of benzene rings is 1. The number of non-ortho nitro benzene ring substituents is 1. The molecule has 2 rings (SSSR count). The second-order valence-electron chi connectivity index (χ2n) is 4.66. The second-order valence-corrected chi connectivity index (χ2v) is 4.66. The van der Waals surface area contributed by atoms with E-state index in [0.29, 0.717) is 18.5 Å². The van der Waals surface area contributed by atoms with Crippen molar-refractivity contribution in [1.82, 2.24) is 5.32 Å². The third kappa shape index (κ3) is 2.90. The first-order valence-electron chi connectivity index (χ1n) is 6.18. The molecular formula is C12H13N3O5. The number of nitro benzene ring substituents is 2. The van der Waals surface area contributed by atoms with Gasteiger partial charge in [-0.1, -0.05) is 0 Å². The van der Waals surface area contributed by atoms with Crippen LogP contribution in [-0.2, 0) is 11.2 Å². The fraction of sp³-hybridized carbons (Fsp3) is 0.417. The lowest BCUT2D eigenvalue weighted by molar-refractivity contribution is -0.394. The SMILES string of the molecule is O=C1NCCCC1Cc1ccc([N+](=O)[O-])cc1[N+](=O)[O-]. The van der Waals surface area contributed by atoms with Crippen molar-refractivity contribution >= 4 is 17.3 Å². The van der Waals surface area contributed by atoms with Gasteiger partial charge in [-0.25, -0.2) is 0 Å². The summed E-state index contributed by atoms with van der Waals surface area (Å²) in [5.41, 5.74) is -0.284. The minimum atomic E-state index is -0.676. The van der Waals surface area contributed by atoms with Crippen LogP contribution in [0.15, 0.2) is 18.2 Å². The van der Waals surface area contributed by atoms with Gasteiger partial charge in [0.25, 0.3) is 11.4 Å². The summed E-state index contributed by atoms with van der Waals surface area (Å²) in [4.78, 5) is 32.0. The lowest BCUT2D eigenvalue weighted by Gasteiger charge is -2.21. The summed E-state index contributed by atoms with van der Waals surface area (Å²) in [7, 11) is 0. The summed E-state index contributed by atoms with van der Waals surface area (Å²) in [5.74, 6) is -0.437. The van der Waals surface area contributed by atoms with Crippen molar-refractivity contribution in [3.05, 3.63) is 44.0 Å². The molecule has 1 aromatic carbocycles.